The van der Waals surface area contributed by atoms with Gasteiger partial charge in [0.25, 0.3) is 0 Å². The number of rotatable bonds is 6. The Morgan fingerprint density at radius 1 is 0.905 bits per heavy atom. The Labute approximate surface area is 128 Å². The zero-order chi connectivity index (χ0) is 15.1. The van der Waals surface area contributed by atoms with Crippen molar-refractivity contribution in [2.24, 2.45) is 0 Å². The fraction of sp³-hybridized carbons (Fsp3) is 0.300. The zero-order valence-corrected chi connectivity index (χ0v) is 12.9. The van der Waals surface area contributed by atoms with Crippen LogP contribution in [0.25, 0.3) is 6.08 Å². The fourth-order valence-electron chi connectivity index (χ4n) is 2.53. The molecule has 0 fully saturated rings. The number of hydrogen-bond donors (Lipinski definition) is 1. The standard InChI is InChI=1S/C20H24O/c1-16(2)18-13-7-8-14-19(18)20(21)15-9-6-12-17-10-4-3-5-11-17/h3-8,10-14,16,20-21H,9,15H2,1-2H3. The average Bonchev–Trinajstić information content (AvgIpc) is 2.52. The molecule has 110 valence electrons. The third-order valence-electron chi connectivity index (χ3n) is 3.69. The predicted molar refractivity (Wildman–Crippen MR) is 90.2 cm³/mol. The third-order valence-corrected chi connectivity index (χ3v) is 3.69. The van der Waals surface area contributed by atoms with E-state index >= 15 is 0 Å². The van der Waals surface area contributed by atoms with Crippen molar-refractivity contribution in [3.63, 3.8) is 0 Å². The second-order valence-corrected chi connectivity index (χ2v) is 5.69. The van der Waals surface area contributed by atoms with Crippen LogP contribution in [-0.4, -0.2) is 5.11 Å². The van der Waals surface area contributed by atoms with Gasteiger partial charge in [-0.2, -0.15) is 0 Å². The lowest BCUT2D eigenvalue weighted by atomic mass is 9.92. The van der Waals surface area contributed by atoms with Crippen LogP contribution in [0.3, 0.4) is 0 Å². The van der Waals surface area contributed by atoms with Gasteiger partial charge in [0, 0.05) is 0 Å². The second kappa shape index (κ2) is 7.80. The Hall–Kier alpha value is -1.86. The summed E-state index contributed by atoms with van der Waals surface area (Å²) in [4.78, 5) is 0. The molecule has 1 N–H and O–H groups in total. The van der Waals surface area contributed by atoms with Gasteiger partial charge in [-0.05, 0) is 35.4 Å². The molecule has 1 heteroatoms. The van der Waals surface area contributed by atoms with Crippen LogP contribution in [-0.2, 0) is 0 Å². The molecule has 0 aliphatic rings. The largest absolute Gasteiger partial charge is 0.388 e. The zero-order valence-electron chi connectivity index (χ0n) is 12.9. The van der Waals surface area contributed by atoms with E-state index in [9.17, 15) is 5.11 Å². The van der Waals surface area contributed by atoms with E-state index in [2.05, 4.69) is 44.2 Å². The van der Waals surface area contributed by atoms with Crippen LogP contribution >= 0.6 is 0 Å². The predicted octanol–water partition coefficient (Wildman–Crippen LogP) is 5.34. The van der Waals surface area contributed by atoms with Gasteiger partial charge in [-0.1, -0.05) is 80.6 Å². The minimum atomic E-state index is -0.385. The van der Waals surface area contributed by atoms with Crippen LogP contribution in [0.2, 0.25) is 0 Å². The maximum atomic E-state index is 10.4. The molecule has 0 radical (unpaired) electrons. The Kier molecular flexibility index (Phi) is 5.77. The molecule has 1 nitrogen and oxygen atoms in total. The molecule has 0 saturated carbocycles. The molecular formula is C20H24O. The molecule has 2 aromatic carbocycles. The van der Waals surface area contributed by atoms with Gasteiger partial charge in [0.05, 0.1) is 6.10 Å². The summed E-state index contributed by atoms with van der Waals surface area (Å²) in [7, 11) is 0. The summed E-state index contributed by atoms with van der Waals surface area (Å²) in [5.74, 6) is 0.440. The van der Waals surface area contributed by atoms with Gasteiger partial charge in [0.1, 0.15) is 0 Å². The van der Waals surface area contributed by atoms with E-state index in [1.54, 1.807) is 0 Å². The topological polar surface area (TPSA) is 20.2 Å². The van der Waals surface area contributed by atoms with Crippen LogP contribution in [0, 0.1) is 0 Å². The monoisotopic (exact) mass is 280 g/mol. The number of hydrogen-bond acceptors (Lipinski definition) is 1. The summed E-state index contributed by atoms with van der Waals surface area (Å²) in [6.45, 7) is 4.34. The van der Waals surface area contributed by atoms with Crippen LogP contribution in [0.5, 0.6) is 0 Å². The van der Waals surface area contributed by atoms with E-state index in [-0.39, 0.29) is 6.10 Å². The molecule has 0 saturated heterocycles. The molecular weight excluding hydrogens is 256 g/mol. The Bertz CT molecular complexity index is 569. The normalized spacial score (nSPS) is 13.0. The van der Waals surface area contributed by atoms with E-state index in [4.69, 9.17) is 0 Å². The van der Waals surface area contributed by atoms with Crippen LogP contribution in [0.4, 0.5) is 0 Å². The van der Waals surface area contributed by atoms with Crippen LogP contribution in [0.1, 0.15) is 55.4 Å². The molecule has 2 aromatic rings. The average molecular weight is 280 g/mol. The Morgan fingerprint density at radius 2 is 1.52 bits per heavy atom. The molecule has 0 bridgehead atoms. The molecule has 0 aliphatic heterocycles. The molecule has 1 unspecified atom stereocenters. The molecule has 2 rings (SSSR count). The minimum Gasteiger partial charge on any atom is -0.388 e. The number of aliphatic hydroxyl groups excluding tert-OH is 1. The lowest BCUT2D eigenvalue weighted by Gasteiger charge is -2.17. The first-order valence-electron chi connectivity index (χ1n) is 7.67. The Balaban J connectivity index is 1.93. The maximum absolute atomic E-state index is 10.4. The maximum Gasteiger partial charge on any atom is 0.0795 e. The summed E-state index contributed by atoms with van der Waals surface area (Å²) in [5, 5.41) is 10.4. The van der Waals surface area contributed by atoms with Crippen molar-refractivity contribution in [3.8, 4) is 0 Å². The SMILES string of the molecule is CC(C)c1ccccc1C(O)CCC=Cc1ccccc1. The number of allylic oxidation sites excluding steroid dienone is 1. The minimum absolute atomic E-state index is 0.385. The van der Waals surface area contributed by atoms with Crippen molar-refractivity contribution in [1.82, 2.24) is 0 Å². The van der Waals surface area contributed by atoms with E-state index in [0.717, 1.165) is 18.4 Å². The number of aliphatic hydroxyl groups is 1. The van der Waals surface area contributed by atoms with Crippen LogP contribution < -0.4 is 0 Å². The molecule has 0 spiro atoms. The van der Waals surface area contributed by atoms with Gasteiger partial charge >= 0.3 is 0 Å². The van der Waals surface area contributed by atoms with Crippen molar-refractivity contribution >= 4 is 6.08 Å². The van der Waals surface area contributed by atoms with Gasteiger partial charge in [-0.15, -0.1) is 0 Å². The van der Waals surface area contributed by atoms with Gasteiger partial charge < -0.3 is 5.11 Å². The van der Waals surface area contributed by atoms with Crippen molar-refractivity contribution in [1.29, 1.82) is 0 Å². The summed E-state index contributed by atoms with van der Waals surface area (Å²) in [5.41, 5.74) is 3.52. The highest BCUT2D eigenvalue weighted by Crippen LogP contribution is 2.27. The van der Waals surface area contributed by atoms with Gasteiger partial charge in [-0.3, -0.25) is 0 Å². The van der Waals surface area contributed by atoms with Crippen LogP contribution in [0.15, 0.2) is 60.7 Å². The highest BCUT2D eigenvalue weighted by molar-refractivity contribution is 5.48. The quantitative estimate of drug-likeness (QED) is 0.757. The highest BCUT2D eigenvalue weighted by Gasteiger charge is 2.12. The summed E-state index contributed by atoms with van der Waals surface area (Å²) >= 11 is 0. The van der Waals surface area contributed by atoms with Gasteiger partial charge in [-0.25, -0.2) is 0 Å². The van der Waals surface area contributed by atoms with Gasteiger partial charge in [0.15, 0.2) is 0 Å². The summed E-state index contributed by atoms with van der Waals surface area (Å²) < 4.78 is 0. The van der Waals surface area contributed by atoms with E-state index < -0.39 is 0 Å². The summed E-state index contributed by atoms with van der Waals surface area (Å²) in [6, 6.07) is 18.5. The van der Waals surface area contributed by atoms with Crippen molar-refractivity contribution in [3.05, 3.63) is 77.4 Å². The second-order valence-electron chi connectivity index (χ2n) is 5.69. The first kappa shape index (κ1) is 15.5. The highest BCUT2D eigenvalue weighted by atomic mass is 16.3. The smallest absolute Gasteiger partial charge is 0.0795 e. The molecule has 0 heterocycles. The summed E-state index contributed by atoms with van der Waals surface area (Å²) in [6.07, 6.45) is 5.50. The van der Waals surface area contributed by atoms with Crippen molar-refractivity contribution in [2.45, 2.75) is 38.7 Å². The van der Waals surface area contributed by atoms with E-state index in [1.165, 1.54) is 11.1 Å². The molecule has 0 aliphatic carbocycles. The van der Waals surface area contributed by atoms with E-state index in [1.807, 2.05) is 36.4 Å². The van der Waals surface area contributed by atoms with E-state index in [0.29, 0.717) is 5.92 Å². The molecule has 1 atom stereocenters. The lowest BCUT2D eigenvalue weighted by molar-refractivity contribution is 0.167. The number of benzene rings is 2. The Morgan fingerprint density at radius 3 is 2.19 bits per heavy atom. The molecule has 21 heavy (non-hydrogen) atoms. The van der Waals surface area contributed by atoms with Crippen molar-refractivity contribution in [2.75, 3.05) is 0 Å². The first-order valence-corrected chi connectivity index (χ1v) is 7.67. The molecule has 0 aromatic heterocycles. The third kappa shape index (κ3) is 4.57. The van der Waals surface area contributed by atoms with Gasteiger partial charge in [0.2, 0.25) is 0 Å². The first-order chi connectivity index (χ1) is 10.2. The fourth-order valence-corrected chi connectivity index (χ4v) is 2.53. The molecule has 0 amide bonds. The lowest BCUT2D eigenvalue weighted by Crippen LogP contribution is -2.03. The van der Waals surface area contributed by atoms with Crippen molar-refractivity contribution < 1.29 is 5.11 Å².